The summed E-state index contributed by atoms with van der Waals surface area (Å²) in [6.07, 6.45) is 2.84. The van der Waals surface area contributed by atoms with Crippen LogP contribution >= 0.6 is 24.8 Å². The molecule has 2 heterocycles. The lowest BCUT2D eigenvalue weighted by molar-refractivity contribution is -0.124. The van der Waals surface area contributed by atoms with Gasteiger partial charge in [0.05, 0.1) is 11.2 Å². The molecule has 3 rings (SSSR count). The number of nitrogens with one attached hydrogen (secondary N) is 1. The maximum absolute atomic E-state index is 12.5. The van der Waals surface area contributed by atoms with E-state index in [0.29, 0.717) is 26.1 Å². The molecule has 0 unspecified atom stereocenters. The van der Waals surface area contributed by atoms with Crippen LogP contribution in [0, 0.1) is 6.92 Å². The molecular weight excluding hydrogens is 337 g/mol. The zero-order valence-electron chi connectivity index (χ0n) is 12.9. The van der Waals surface area contributed by atoms with Gasteiger partial charge in [-0.05, 0) is 43.5 Å². The summed E-state index contributed by atoms with van der Waals surface area (Å²) in [6.45, 7) is 3.06. The van der Waals surface area contributed by atoms with Crippen molar-refractivity contribution in [1.29, 1.82) is 0 Å². The Morgan fingerprint density at radius 1 is 1.26 bits per heavy atom. The highest BCUT2D eigenvalue weighted by atomic mass is 35.5. The van der Waals surface area contributed by atoms with Crippen molar-refractivity contribution < 1.29 is 9.53 Å². The fourth-order valence-corrected chi connectivity index (χ4v) is 2.63. The number of fused-ring (bicyclic) bond motifs is 1. The number of hydrogen-bond acceptors (Lipinski definition) is 4. The first-order valence-corrected chi connectivity index (χ1v) is 7.13. The van der Waals surface area contributed by atoms with Gasteiger partial charge in [0, 0.05) is 24.8 Å². The average molecular weight is 358 g/mol. The highest BCUT2D eigenvalue weighted by molar-refractivity contribution is 6.05. The number of carbonyl (C=O) groups excluding carboxylic acids is 1. The lowest BCUT2D eigenvalue weighted by Crippen LogP contribution is -2.54. The number of pyridine rings is 1. The summed E-state index contributed by atoms with van der Waals surface area (Å²) in [4.78, 5) is 16.9. The van der Waals surface area contributed by atoms with Gasteiger partial charge in [0.15, 0.2) is 0 Å². The molecule has 0 saturated carbocycles. The number of rotatable bonds is 2. The highest BCUT2D eigenvalue weighted by Gasteiger charge is 2.36. The molecule has 3 N–H and O–H groups in total. The Morgan fingerprint density at radius 2 is 1.96 bits per heavy atom. The van der Waals surface area contributed by atoms with E-state index in [1.165, 1.54) is 0 Å². The van der Waals surface area contributed by atoms with Crippen LogP contribution in [0.5, 0.6) is 0 Å². The minimum atomic E-state index is -0.850. The Kier molecular flexibility index (Phi) is 6.77. The number of benzene rings is 1. The van der Waals surface area contributed by atoms with Crippen molar-refractivity contribution in [1.82, 2.24) is 4.98 Å². The van der Waals surface area contributed by atoms with Crippen molar-refractivity contribution in [2.24, 2.45) is 5.73 Å². The Morgan fingerprint density at radius 3 is 2.65 bits per heavy atom. The highest BCUT2D eigenvalue weighted by Crippen LogP contribution is 2.26. The van der Waals surface area contributed by atoms with Gasteiger partial charge in [-0.15, -0.1) is 24.8 Å². The van der Waals surface area contributed by atoms with E-state index in [0.717, 1.165) is 22.2 Å². The first kappa shape index (κ1) is 19.6. The van der Waals surface area contributed by atoms with Crippen LogP contribution in [-0.2, 0) is 9.53 Å². The van der Waals surface area contributed by atoms with Gasteiger partial charge in [-0.1, -0.05) is 6.07 Å². The molecule has 0 bridgehead atoms. The third kappa shape index (κ3) is 3.93. The van der Waals surface area contributed by atoms with Crippen LogP contribution in [0.3, 0.4) is 0 Å². The number of hydrogen-bond donors (Lipinski definition) is 2. The number of nitrogens with two attached hydrogens (primary N) is 1. The molecule has 1 saturated heterocycles. The van der Waals surface area contributed by atoms with E-state index in [2.05, 4.69) is 10.3 Å². The molecular formula is C16H21Cl2N3O2. The van der Waals surface area contributed by atoms with Gasteiger partial charge in [0.2, 0.25) is 5.91 Å². The summed E-state index contributed by atoms with van der Waals surface area (Å²) < 4.78 is 5.28. The second-order valence-electron chi connectivity index (χ2n) is 5.55. The summed E-state index contributed by atoms with van der Waals surface area (Å²) in [5.74, 6) is -0.153. The van der Waals surface area contributed by atoms with Crippen LogP contribution < -0.4 is 11.1 Å². The molecule has 23 heavy (non-hydrogen) atoms. The predicted molar refractivity (Wildman–Crippen MR) is 96.6 cm³/mol. The lowest BCUT2D eigenvalue weighted by atomic mass is 9.90. The summed E-state index contributed by atoms with van der Waals surface area (Å²) in [7, 11) is 0. The van der Waals surface area contributed by atoms with Crippen LogP contribution in [0.2, 0.25) is 0 Å². The van der Waals surface area contributed by atoms with Crippen LogP contribution in [0.4, 0.5) is 5.69 Å². The van der Waals surface area contributed by atoms with Gasteiger partial charge in [-0.2, -0.15) is 0 Å². The molecule has 1 aromatic heterocycles. The minimum absolute atomic E-state index is 0. The molecule has 0 atom stereocenters. The Labute approximate surface area is 147 Å². The van der Waals surface area contributed by atoms with Crippen molar-refractivity contribution in [3.63, 3.8) is 0 Å². The first-order valence-electron chi connectivity index (χ1n) is 7.13. The number of aryl methyl sites for hydroxylation is 1. The zero-order chi connectivity index (χ0) is 14.9. The maximum atomic E-state index is 12.5. The smallest absolute Gasteiger partial charge is 0.244 e. The van der Waals surface area contributed by atoms with Crippen molar-refractivity contribution in [2.45, 2.75) is 25.3 Å². The first-order chi connectivity index (χ1) is 10.1. The minimum Gasteiger partial charge on any atom is -0.381 e. The quantitative estimate of drug-likeness (QED) is 0.866. The molecule has 1 aliphatic rings. The third-order valence-corrected chi connectivity index (χ3v) is 4.06. The van der Waals surface area contributed by atoms with E-state index in [-0.39, 0.29) is 30.7 Å². The Hall–Kier alpha value is -1.40. The molecule has 0 spiro atoms. The molecule has 0 radical (unpaired) electrons. The summed E-state index contributed by atoms with van der Waals surface area (Å²) in [5, 5.41) is 3.89. The number of nitrogens with zero attached hydrogens (tertiary/aromatic N) is 1. The third-order valence-electron chi connectivity index (χ3n) is 4.06. The van der Waals surface area contributed by atoms with Crippen LogP contribution in [0.25, 0.3) is 10.9 Å². The van der Waals surface area contributed by atoms with Crippen molar-refractivity contribution >= 4 is 47.3 Å². The van der Waals surface area contributed by atoms with Crippen molar-refractivity contribution in [3.05, 3.63) is 36.0 Å². The number of ether oxygens (including phenoxy) is 1. The second kappa shape index (κ2) is 7.93. The van der Waals surface area contributed by atoms with Crippen LogP contribution in [0.1, 0.15) is 18.4 Å². The normalized spacial score (nSPS) is 16.1. The van der Waals surface area contributed by atoms with Crippen molar-refractivity contribution in [2.75, 3.05) is 18.5 Å². The fourth-order valence-electron chi connectivity index (χ4n) is 2.63. The van der Waals surface area contributed by atoms with E-state index in [1.54, 1.807) is 6.20 Å². The van der Waals surface area contributed by atoms with Crippen LogP contribution in [-0.4, -0.2) is 29.6 Å². The number of aromatic nitrogens is 1. The zero-order valence-corrected chi connectivity index (χ0v) is 14.5. The van der Waals surface area contributed by atoms with E-state index in [9.17, 15) is 4.79 Å². The Bertz CT molecular complexity index is 688. The maximum Gasteiger partial charge on any atom is 0.244 e. The molecule has 126 valence electrons. The molecule has 1 amide bonds. The summed E-state index contributed by atoms with van der Waals surface area (Å²) in [6, 6.07) is 7.68. The van der Waals surface area contributed by atoms with Gasteiger partial charge in [-0.3, -0.25) is 9.78 Å². The predicted octanol–water partition coefficient (Wildman–Crippen LogP) is 2.83. The molecule has 1 aliphatic heterocycles. The topological polar surface area (TPSA) is 77.2 Å². The lowest BCUT2D eigenvalue weighted by Gasteiger charge is -2.31. The fraction of sp³-hybridized carbons (Fsp3) is 0.375. The largest absolute Gasteiger partial charge is 0.381 e. The average Bonchev–Trinajstić information content (AvgIpc) is 2.51. The number of carbonyl (C=O) groups is 1. The standard InChI is InChI=1S/C16H19N3O2.2ClH/c1-11-4-5-13(12-3-2-8-18-14(11)12)19-15(20)16(17)6-9-21-10-7-16;;/h2-5,8H,6-7,9-10,17H2,1H3,(H,19,20);2*1H. The molecule has 1 fully saturated rings. The van der Waals surface area contributed by atoms with Gasteiger partial charge in [0.25, 0.3) is 0 Å². The van der Waals surface area contributed by atoms with E-state index >= 15 is 0 Å². The SMILES string of the molecule is Cc1ccc(NC(=O)C2(N)CCOCC2)c2cccnc12.Cl.Cl. The molecule has 5 nitrogen and oxygen atoms in total. The summed E-state index contributed by atoms with van der Waals surface area (Å²) >= 11 is 0. The summed E-state index contributed by atoms with van der Waals surface area (Å²) in [5.41, 5.74) is 8.10. The Balaban J connectivity index is 0.00000132. The van der Waals surface area contributed by atoms with Gasteiger partial charge >= 0.3 is 0 Å². The van der Waals surface area contributed by atoms with Gasteiger partial charge < -0.3 is 15.8 Å². The van der Waals surface area contributed by atoms with Crippen LogP contribution in [0.15, 0.2) is 30.5 Å². The monoisotopic (exact) mass is 357 g/mol. The van der Waals surface area contributed by atoms with E-state index in [1.807, 2.05) is 31.2 Å². The molecule has 1 aromatic carbocycles. The molecule has 2 aromatic rings. The number of amides is 1. The van der Waals surface area contributed by atoms with Gasteiger partial charge in [-0.25, -0.2) is 0 Å². The number of anilines is 1. The van der Waals surface area contributed by atoms with Crippen molar-refractivity contribution in [3.8, 4) is 0 Å². The van der Waals surface area contributed by atoms with E-state index in [4.69, 9.17) is 10.5 Å². The molecule has 0 aliphatic carbocycles. The van der Waals surface area contributed by atoms with E-state index < -0.39 is 5.54 Å². The van der Waals surface area contributed by atoms with Gasteiger partial charge in [0.1, 0.15) is 5.54 Å². The number of halogens is 2. The molecule has 7 heteroatoms. The second-order valence-corrected chi connectivity index (χ2v) is 5.55.